The minimum atomic E-state index is -0.0518. The maximum absolute atomic E-state index is 12.5. The molecule has 1 N–H and O–H groups in total. The lowest BCUT2D eigenvalue weighted by Crippen LogP contribution is -2.53. The van der Waals surface area contributed by atoms with Gasteiger partial charge in [-0.05, 0) is 31.0 Å². The van der Waals surface area contributed by atoms with Gasteiger partial charge in [0, 0.05) is 51.9 Å². The normalized spacial score (nSPS) is 18.5. The first-order valence-electron chi connectivity index (χ1n) is 10.9. The SMILES string of the molecule is CN(C)C(=O)c1ccc2oc(CN3CCN(C(=O)NC4CCCCC4)CC3)nc2c1. The molecular weight excluding hydrogens is 382 g/mol. The highest BCUT2D eigenvalue weighted by molar-refractivity contribution is 5.96. The van der Waals surface area contributed by atoms with Gasteiger partial charge in [-0.3, -0.25) is 9.69 Å². The predicted molar refractivity (Wildman–Crippen MR) is 114 cm³/mol. The van der Waals surface area contributed by atoms with Gasteiger partial charge in [-0.15, -0.1) is 0 Å². The molecule has 2 aliphatic rings. The van der Waals surface area contributed by atoms with Gasteiger partial charge in [-0.2, -0.15) is 0 Å². The lowest BCUT2D eigenvalue weighted by Gasteiger charge is -2.35. The summed E-state index contributed by atoms with van der Waals surface area (Å²) in [4.78, 5) is 34.9. The third kappa shape index (κ3) is 4.75. The molecule has 8 nitrogen and oxygen atoms in total. The molecule has 3 amide bonds. The quantitative estimate of drug-likeness (QED) is 0.833. The molecule has 0 spiro atoms. The number of rotatable bonds is 4. The van der Waals surface area contributed by atoms with Gasteiger partial charge in [0.15, 0.2) is 5.58 Å². The third-order valence-electron chi connectivity index (χ3n) is 6.04. The van der Waals surface area contributed by atoms with Gasteiger partial charge >= 0.3 is 6.03 Å². The van der Waals surface area contributed by atoms with Crippen LogP contribution in [-0.4, -0.2) is 77.9 Å². The van der Waals surface area contributed by atoms with Crippen molar-refractivity contribution in [1.29, 1.82) is 0 Å². The zero-order valence-electron chi connectivity index (χ0n) is 17.9. The Labute approximate surface area is 177 Å². The van der Waals surface area contributed by atoms with Gasteiger partial charge in [0.25, 0.3) is 5.91 Å². The molecule has 0 unspecified atom stereocenters. The number of carbonyl (C=O) groups is 2. The van der Waals surface area contributed by atoms with E-state index in [2.05, 4.69) is 15.2 Å². The molecule has 1 aromatic heterocycles. The van der Waals surface area contributed by atoms with Crippen LogP contribution in [0.4, 0.5) is 4.79 Å². The van der Waals surface area contributed by atoms with E-state index in [4.69, 9.17) is 4.42 Å². The number of piperazine rings is 1. The summed E-state index contributed by atoms with van der Waals surface area (Å²) in [5, 5.41) is 3.20. The second-order valence-corrected chi connectivity index (χ2v) is 8.54. The summed E-state index contributed by atoms with van der Waals surface area (Å²) < 4.78 is 5.87. The number of nitrogens with one attached hydrogen (secondary N) is 1. The van der Waals surface area contributed by atoms with E-state index in [0.717, 1.165) is 25.9 Å². The number of hydrogen-bond acceptors (Lipinski definition) is 5. The average Bonchev–Trinajstić information content (AvgIpc) is 3.15. The van der Waals surface area contributed by atoms with E-state index in [1.54, 1.807) is 37.2 Å². The van der Waals surface area contributed by atoms with Gasteiger partial charge in [0.2, 0.25) is 5.89 Å². The van der Waals surface area contributed by atoms with Crippen molar-refractivity contribution in [3.05, 3.63) is 29.7 Å². The van der Waals surface area contributed by atoms with Crippen molar-refractivity contribution in [3.8, 4) is 0 Å². The fraction of sp³-hybridized carbons (Fsp3) is 0.591. The number of hydrogen-bond donors (Lipinski definition) is 1. The predicted octanol–water partition coefficient (Wildman–Crippen LogP) is 2.69. The van der Waals surface area contributed by atoms with Crippen LogP contribution in [-0.2, 0) is 6.54 Å². The highest BCUT2D eigenvalue weighted by atomic mass is 16.3. The van der Waals surface area contributed by atoms with E-state index >= 15 is 0 Å². The van der Waals surface area contributed by atoms with Crippen molar-refractivity contribution in [2.45, 2.75) is 44.7 Å². The van der Waals surface area contributed by atoms with Gasteiger partial charge in [0.1, 0.15) is 5.52 Å². The fourth-order valence-electron chi connectivity index (χ4n) is 4.25. The van der Waals surface area contributed by atoms with Gasteiger partial charge in [-0.1, -0.05) is 19.3 Å². The maximum atomic E-state index is 12.5. The fourth-order valence-corrected chi connectivity index (χ4v) is 4.25. The minimum Gasteiger partial charge on any atom is -0.439 e. The first-order chi connectivity index (χ1) is 14.5. The third-order valence-corrected chi connectivity index (χ3v) is 6.04. The van der Waals surface area contributed by atoms with Gasteiger partial charge < -0.3 is 19.5 Å². The van der Waals surface area contributed by atoms with E-state index in [9.17, 15) is 9.59 Å². The monoisotopic (exact) mass is 413 g/mol. The number of benzene rings is 1. The summed E-state index contributed by atoms with van der Waals surface area (Å²) in [6.07, 6.45) is 5.92. The lowest BCUT2D eigenvalue weighted by molar-refractivity contribution is 0.0827. The van der Waals surface area contributed by atoms with E-state index < -0.39 is 0 Å². The Hall–Kier alpha value is -2.61. The molecule has 4 rings (SSSR count). The van der Waals surface area contributed by atoms with Crippen LogP contribution in [0.2, 0.25) is 0 Å². The van der Waals surface area contributed by atoms with Crippen LogP contribution in [0.15, 0.2) is 22.6 Å². The zero-order valence-corrected chi connectivity index (χ0v) is 17.9. The van der Waals surface area contributed by atoms with Crippen molar-refractivity contribution < 1.29 is 14.0 Å². The summed E-state index contributed by atoms with van der Waals surface area (Å²) in [5.74, 6) is 0.587. The molecule has 162 valence electrons. The molecule has 0 atom stereocenters. The van der Waals surface area contributed by atoms with E-state index in [0.29, 0.717) is 48.2 Å². The van der Waals surface area contributed by atoms with Gasteiger partial charge in [-0.25, -0.2) is 9.78 Å². The Morgan fingerprint density at radius 1 is 1.13 bits per heavy atom. The van der Waals surface area contributed by atoms with Crippen molar-refractivity contribution in [2.24, 2.45) is 0 Å². The Kier molecular flexibility index (Phi) is 6.22. The largest absolute Gasteiger partial charge is 0.439 e. The highest BCUT2D eigenvalue weighted by Gasteiger charge is 2.24. The van der Waals surface area contributed by atoms with E-state index in [-0.39, 0.29) is 11.9 Å². The highest BCUT2D eigenvalue weighted by Crippen LogP contribution is 2.20. The molecule has 2 aromatic rings. The summed E-state index contributed by atoms with van der Waals surface area (Å²) in [6, 6.07) is 5.76. The van der Waals surface area contributed by atoms with Crippen molar-refractivity contribution in [3.63, 3.8) is 0 Å². The smallest absolute Gasteiger partial charge is 0.317 e. The topological polar surface area (TPSA) is 81.9 Å². The molecular formula is C22H31N5O3. The van der Waals surface area contributed by atoms with Crippen LogP contribution >= 0.6 is 0 Å². The Bertz CT molecular complexity index is 895. The van der Waals surface area contributed by atoms with Crippen molar-refractivity contribution in [1.82, 2.24) is 25.0 Å². The number of carbonyl (C=O) groups excluding carboxylic acids is 2. The number of nitrogens with zero attached hydrogens (tertiary/aromatic N) is 4. The molecule has 2 heterocycles. The van der Waals surface area contributed by atoms with Crippen LogP contribution in [0, 0.1) is 0 Å². The standard InChI is InChI=1S/C22H31N5O3/c1-25(2)21(28)16-8-9-19-18(14-16)24-20(30-19)15-26-10-12-27(13-11-26)22(29)23-17-6-4-3-5-7-17/h8-9,14,17H,3-7,10-13,15H2,1-2H3,(H,23,29). The van der Waals surface area contributed by atoms with Crippen LogP contribution < -0.4 is 5.32 Å². The molecule has 1 aliphatic carbocycles. The van der Waals surface area contributed by atoms with E-state index in [1.807, 2.05) is 4.90 Å². The first kappa shape index (κ1) is 20.7. The number of amides is 3. The van der Waals surface area contributed by atoms with Crippen LogP contribution in [0.25, 0.3) is 11.1 Å². The van der Waals surface area contributed by atoms with Gasteiger partial charge in [0.05, 0.1) is 6.54 Å². The number of fused-ring (bicyclic) bond motifs is 1. The van der Waals surface area contributed by atoms with Crippen LogP contribution in [0.5, 0.6) is 0 Å². The van der Waals surface area contributed by atoms with Crippen LogP contribution in [0.1, 0.15) is 48.4 Å². The Morgan fingerprint density at radius 2 is 1.87 bits per heavy atom. The molecule has 1 aromatic carbocycles. The van der Waals surface area contributed by atoms with Crippen LogP contribution in [0.3, 0.4) is 0 Å². The van der Waals surface area contributed by atoms with E-state index in [1.165, 1.54) is 19.3 Å². The summed E-state index contributed by atoms with van der Waals surface area (Å²) in [5.41, 5.74) is 1.99. The lowest BCUT2D eigenvalue weighted by atomic mass is 9.96. The Balaban J connectivity index is 1.30. The maximum Gasteiger partial charge on any atom is 0.317 e. The molecule has 1 aliphatic heterocycles. The minimum absolute atomic E-state index is 0.0518. The summed E-state index contributed by atoms with van der Waals surface area (Å²) >= 11 is 0. The van der Waals surface area contributed by atoms with Crippen molar-refractivity contribution in [2.75, 3.05) is 40.3 Å². The first-order valence-corrected chi connectivity index (χ1v) is 10.9. The molecule has 1 saturated carbocycles. The molecule has 30 heavy (non-hydrogen) atoms. The number of urea groups is 1. The summed E-state index contributed by atoms with van der Waals surface area (Å²) in [7, 11) is 3.46. The Morgan fingerprint density at radius 3 is 2.57 bits per heavy atom. The molecule has 2 fully saturated rings. The van der Waals surface area contributed by atoms with Crippen molar-refractivity contribution >= 4 is 23.0 Å². The average molecular weight is 414 g/mol. The summed E-state index contributed by atoms with van der Waals surface area (Å²) in [6.45, 7) is 3.60. The molecule has 1 saturated heterocycles. The second-order valence-electron chi connectivity index (χ2n) is 8.54. The molecule has 0 bridgehead atoms. The molecule has 8 heteroatoms. The second kappa shape index (κ2) is 9.04. The molecule has 0 radical (unpaired) electrons. The zero-order chi connectivity index (χ0) is 21.1. The number of oxazole rings is 1. The number of aromatic nitrogens is 1.